The zero-order valence-corrected chi connectivity index (χ0v) is 18.4. The standard InChI is InChI=1S/C24H21BrN4/c1-14-5-8-22-23(9-14)28-24(27-22)19(13-26)12-18-11-16(3)29(17(18)4)20-6-7-21(25)15(2)10-20/h5-12H,1-4H3,(H,27,28)/b19-12-. The van der Waals surface area contributed by atoms with Crippen LogP contribution in [0.1, 0.15) is 33.9 Å². The molecule has 0 fully saturated rings. The molecule has 0 radical (unpaired) electrons. The molecule has 0 atom stereocenters. The van der Waals surface area contributed by atoms with E-state index in [1.807, 2.05) is 31.2 Å². The van der Waals surface area contributed by atoms with Crippen LogP contribution in [-0.4, -0.2) is 14.5 Å². The predicted octanol–water partition coefficient (Wildman–Crippen LogP) is 6.41. The molecule has 29 heavy (non-hydrogen) atoms. The lowest BCUT2D eigenvalue weighted by Crippen LogP contribution is -1.99. The van der Waals surface area contributed by atoms with Crippen molar-refractivity contribution >= 4 is 38.6 Å². The van der Waals surface area contributed by atoms with Crippen LogP contribution < -0.4 is 0 Å². The van der Waals surface area contributed by atoms with Crippen LogP contribution >= 0.6 is 15.9 Å². The third-order valence-corrected chi connectivity index (χ3v) is 6.07. The van der Waals surface area contributed by atoms with Gasteiger partial charge in [-0.3, -0.25) is 0 Å². The molecule has 2 aromatic carbocycles. The first-order valence-corrected chi connectivity index (χ1v) is 10.2. The maximum atomic E-state index is 9.78. The van der Waals surface area contributed by atoms with Crippen LogP contribution in [0.15, 0.2) is 46.9 Å². The quantitative estimate of drug-likeness (QED) is 0.370. The Morgan fingerprint density at radius 3 is 2.62 bits per heavy atom. The second-order valence-electron chi connectivity index (χ2n) is 7.37. The molecule has 5 heteroatoms. The van der Waals surface area contributed by atoms with E-state index in [0.29, 0.717) is 11.4 Å². The highest BCUT2D eigenvalue weighted by molar-refractivity contribution is 9.10. The van der Waals surface area contributed by atoms with Crippen molar-refractivity contribution in [2.45, 2.75) is 27.7 Å². The summed E-state index contributed by atoms with van der Waals surface area (Å²) in [6.07, 6.45) is 1.91. The van der Waals surface area contributed by atoms with E-state index >= 15 is 0 Å². The normalized spacial score (nSPS) is 11.8. The number of aryl methyl sites for hydroxylation is 3. The van der Waals surface area contributed by atoms with Crippen LogP contribution in [0.4, 0.5) is 0 Å². The van der Waals surface area contributed by atoms with Gasteiger partial charge < -0.3 is 9.55 Å². The van der Waals surface area contributed by atoms with Gasteiger partial charge >= 0.3 is 0 Å². The molecule has 144 valence electrons. The average molecular weight is 445 g/mol. The summed E-state index contributed by atoms with van der Waals surface area (Å²) in [7, 11) is 0. The third-order valence-electron chi connectivity index (χ3n) is 5.18. The summed E-state index contributed by atoms with van der Waals surface area (Å²) in [6, 6.07) is 16.8. The largest absolute Gasteiger partial charge is 0.337 e. The van der Waals surface area contributed by atoms with Crippen LogP contribution in [0.25, 0.3) is 28.4 Å². The van der Waals surface area contributed by atoms with Gasteiger partial charge in [0, 0.05) is 21.5 Å². The van der Waals surface area contributed by atoms with Crippen LogP contribution in [-0.2, 0) is 0 Å². The first-order chi connectivity index (χ1) is 13.9. The fourth-order valence-electron chi connectivity index (χ4n) is 3.66. The number of aromatic nitrogens is 3. The first kappa shape index (κ1) is 19.2. The number of benzene rings is 2. The number of nitrogens with one attached hydrogen (secondary N) is 1. The lowest BCUT2D eigenvalue weighted by atomic mass is 10.1. The average Bonchev–Trinajstić information content (AvgIpc) is 3.22. The molecular weight excluding hydrogens is 424 g/mol. The van der Waals surface area contributed by atoms with E-state index in [2.05, 4.69) is 81.6 Å². The highest BCUT2D eigenvalue weighted by atomic mass is 79.9. The second kappa shape index (κ2) is 7.38. The number of H-pyrrole nitrogens is 1. The van der Waals surface area contributed by atoms with Gasteiger partial charge in [0.15, 0.2) is 0 Å². The number of allylic oxidation sites excluding steroid dienone is 1. The van der Waals surface area contributed by atoms with Gasteiger partial charge in [0.2, 0.25) is 0 Å². The molecule has 4 rings (SSSR count). The van der Waals surface area contributed by atoms with Crippen molar-refractivity contribution in [1.29, 1.82) is 5.26 Å². The Bertz CT molecular complexity index is 1310. The smallest absolute Gasteiger partial charge is 0.149 e. The molecule has 0 aliphatic heterocycles. The first-order valence-electron chi connectivity index (χ1n) is 9.41. The summed E-state index contributed by atoms with van der Waals surface area (Å²) in [5, 5.41) is 9.78. The number of hydrogen-bond donors (Lipinski definition) is 1. The summed E-state index contributed by atoms with van der Waals surface area (Å²) < 4.78 is 3.30. The minimum atomic E-state index is 0.520. The number of imidazole rings is 1. The van der Waals surface area contributed by atoms with Gasteiger partial charge in [-0.1, -0.05) is 22.0 Å². The Labute approximate surface area is 178 Å². The Morgan fingerprint density at radius 2 is 1.90 bits per heavy atom. The van der Waals surface area contributed by atoms with Crippen LogP contribution in [0.5, 0.6) is 0 Å². The van der Waals surface area contributed by atoms with E-state index in [1.165, 1.54) is 5.56 Å². The predicted molar refractivity (Wildman–Crippen MR) is 122 cm³/mol. The summed E-state index contributed by atoms with van der Waals surface area (Å²) in [5.41, 5.74) is 8.99. The minimum absolute atomic E-state index is 0.520. The van der Waals surface area contributed by atoms with Crippen molar-refractivity contribution in [3.8, 4) is 11.8 Å². The monoisotopic (exact) mass is 444 g/mol. The van der Waals surface area contributed by atoms with Gasteiger partial charge in [0.05, 0.1) is 16.6 Å². The topological polar surface area (TPSA) is 57.4 Å². The van der Waals surface area contributed by atoms with E-state index in [0.717, 1.165) is 43.7 Å². The maximum absolute atomic E-state index is 9.78. The third kappa shape index (κ3) is 3.52. The molecule has 0 saturated heterocycles. The number of nitrogens with zero attached hydrogens (tertiary/aromatic N) is 3. The van der Waals surface area contributed by atoms with Gasteiger partial charge in [-0.05, 0) is 86.9 Å². The van der Waals surface area contributed by atoms with E-state index in [1.54, 1.807) is 0 Å². The molecule has 0 bridgehead atoms. The number of aromatic amines is 1. The molecule has 0 saturated carbocycles. The molecule has 4 aromatic rings. The molecule has 2 heterocycles. The van der Waals surface area contributed by atoms with Gasteiger partial charge in [-0.15, -0.1) is 0 Å². The minimum Gasteiger partial charge on any atom is -0.337 e. The Hall–Kier alpha value is -3.10. The molecule has 4 nitrogen and oxygen atoms in total. The van der Waals surface area contributed by atoms with Gasteiger partial charge in [-0.2, -0.15) is 5.26 Å². The fraction of sp³-hybridized carbons (Fsp3) is 0.167. The van der Waals surface area contributed by atoms with Crippen molar-refractivity contribution in [1.82, 2.24) is 14.5 Å². The van der Waals surface area contributed by atoms with Crippen molar-refractivity contribution < 1.29 is 0 Å². The lowest BCUT2D eigenvalue weighted by molar-refractivity contribution is 0.962. The Kier molecular flexibility index (Phi) is 4.89. The maximum Gasteiger partial charge on any atom is 0.149 e. The van der Waals surface area contributed by atoms with Gasteiger partial charge in [-0.25, -0.2) is 4.98 Å². The highest BCUT2D eigenvalue weighted by Gasteiger charge is 2.13. The molecule has 2 aromatic heterocycles. The number of hydrogen-bond acceptors (Lipinski definition) is 2. The number of fused-ring (bicyclic) bond motifs is 1. The van der Waals surface area contributed by atoms with Crippen molar-refractivity contribution in [3.63, 3.8) is 0 Å². The molecule has 0 spiro atoms. The van der Waals surface area contributed by atoms with Crippen molar-refractivity contribution in [2.75, 3.05) is 0 Å². The van der Waals surface area contributed by atoms with E-state index in [9.17, 15) is 5.26 Å². The van der Waals surface area contributed by atoms with E-state index in [-0.39, 0.29) is 0 Å². The zero-order chi connectivity index (χ0) is 20.7. The summed E-state index contributed by atoms with van der Waals surface area (Å²) in [4.78, 5) is 7.88. The van der Waals surface area contributed by atoms with Crippen LogP contribution in [0.2, 0.25) is 0 Å². The molecule has 0 aliphatic rings. The molecule has 0 unspecified atom stereocenters. The summed E-state index contributed by atoms with van der Waals surface area (Å²) >= 11 is 3.57. The Morgan fingerprint density at radius 1 is 1.10 bits per heavy atom. The Balaban J connectivity index is 1.80. The van der Waals surface area contributed by atoms with Crippen molar-refractivity contribution in [2.24, 2.45) is 0 Å². The molecule has 0 amide bonds. The fourth-order valence-corrected chi connectivity index (χ4v) is 3.91. The molecule has 0 aliphatic carbocycles. The van der Waals surface area contributed by atoms with Crippen molar-refractivity contribution in [3.05, 3.63) is 80.8 Å². The number of halogens is 1. The second-order valence-corrected chi connectivity index (χ2v) is 8.23. The zero-order valence-electron chi connectivity index (χ0n) is 16.8. The van der Waals surface area contributed by atoms with Crippen LogP contribution in [0.3, 0.4) is 0 Å². The molecule has 1 N–H and O–H groups in total. The highest BCUT2D eigenvalue weighted by Crippen LogP contribution is 2.27. The molecular formula is C24H21BrN4. The lowest BCUT2D eigenvalue weighted by Gasteiger charge is -2.11. The number of nitriles is 1. The van der Waals surface area contributed by atoms with Crippen LogP contribution in [0, 0.1) is 39.0 Å². The summed E-state index contributed by atoms with van der Waals surface area (Å²) in [6.45, 7) is 8.28. The van der Waals surface area contributed by atoms with E-state index in [4.69, 9.17) is 0 Å². The summed E-state index contributed by atoms with van der Waals surface area (Å²) in [5.74, 6) is 0.595. The van der Waals surface area contributed by atoms with Gasteiger partial charge in [0.25, 0.3) is 0 Å². The number of rotatable bonds is 3. The SMILES string of the molecule is Cc1ccc2nc(/C(C#N)=C\c3cc(C)n(-c4ccc(Br)c(C)c4)c3C)[nH]c2c1. The van der Waals surface area contributed by atoms with Gasteiger partial charge in [0.1, 0.15) is 11.9 Å². The van der Waals surface area contributed by atoms with E-state index < -0.39 is 0 Å².